The molecule has 6 N–H and O–H groups in total. The van der Waals surface area contributed by atoms with Crippen molar-refractivity contribution in [1.29, 1.82) is 0 Å². The van der Waals surface area contributed by atoms with Crippen molar-refractivity contribution in [1.82, 2.24) is 4.90 Å². The zero-order chi connectivity index (χ0) is 26.4. The number of benzene rings is 1. The van der Waals surface area contributed by atoms with Crippen LogP contribution in [0.15, 0.2) is 23.5 Å². The average molecular weight is 487 g/mol. The first-order valence-corrected chi connectivity index (χ1v) is 11.8. The molecule has 0 aromatic heterocycles. The van der Waals surface area contributed by atoms with Crippen molar-refractivity contribution in [3.8, 4) is 5.75 Å². The van der Waals surface area contributed by atoms with E-state index in [0.29, 0.717) is 11.1 Å². The number of allylic oxidation sites excluding steroid dienone is 1. The van der Waals surface area contributed by atoms with Crippen molar-refractivity contribution in [2.24, 2.45) is 23.5 Å². The van der Waals surface area contributed by atoms with E-state index in [-0.39, 0.29) is 29.2 Å². The van der Waals surface area contributed by atoms with E-state index in [1.165, 1.54) is 0 Å². The minimum Gasteiger partial charge on any atom is -0.508 e. The van der Waals surface area contributed by atoms with Crippen LogP contribution < -0.4 is 5.73 Å². The number of carbonyl (C=O) groups excluding carboxylic acids is 3. The van der Waals surface area contributed by atoms with Crippen molar-refractivity contribution in [3.05, 3.63) is 40.2 Å². The van der Waals surface area contributed by atoms with E-state index in [2.05, 4.69) is 0 Å². The van der Waals surface area contributed by atoms with Crippen molar-refractivity contribution in [2.75, 3.05) is 14.1 Å². The van der Waals surface area contributed by atoms with Gasteiger partial charge in [0.15, 0.2) is 17.2 Å². The average Bonchev–Trinajstić information content (AvgIpc) is 2.72. The van der Waals surface area contributed by atoms with Gasteiger partial charge in [-0.05, 0) is 43.3 Å². The van der Waals surface area contributed by atoms with Crippen molar-refractivity contribution in [3.63, 3.8) is 0 Å². The van der Waals surface area contributed by atoms with Crippen molar-refractivity contribution < 1.29 is 34.8 Å². The summed E-state index contributed by atoms with van der Waals surface area (Å²) in [6.07, 6.45) is -1.39. The molecular formula is C26H34N2O7. The first-order valence-electron chi connectivity index (χ1n) is 11.8. The van der Waals surface area contributed by atoms with Gasteiger partial charge in [0.2, 0.25) is 5.91 Å². The number of rotatable bonds is 2. The number of phenols is 1. The molecule has 1 saturated carbocycles. The van der Waals surface area contributed by atoms with Crippen LogP contribution in [0.1, 0.15) is 61.5 Å². The second-order valence-electron chi connectivity index (χ2n) is 11.5. The van der Waals surface area contributed by atoms with E-state index in [9.17, 15) is 34.8 Å². The smallest absolute Gasteiger partial charge is 0.230 e. The summed E-state index contributed by atoms with van der Waals surface area (Å²) in [5.41, 5.74) is 3.44. The van der Waals surface area contributed by atoms with Crippen LogP contribution in [0.4, 0.5) is 0 Å². The van der Waals surface area contributed by atoms with Gasteiger partial charge in [0, 0.05) is 23.1 Å². The van der Waals surface area contributed by atoms with Gasteiger partial charge in [-0.1, -0.05) is 39.8 Å². The molecule has 3 aliphatic carbocycles. The Morgan fingerprint density at radius 2 is 1.77 bits per heavy atom. The summed E-state index contributed by atoms with van der Waals surface area (Å²) in [5.74, 6) is -7.59. The van der Waals surface area contributed by atoms with E-state index in [1.807, 2.05) is 27.7 Å². The molecule has 0 heterocycles. The van der Waals surface area contributed by atoms with Crippen LogP contribution in [0.2, 0.25) is 0 Å². The summed E-state index contributed by atoms with van der Waals surface area (Å²) in [5, 5.41) is 45.1. The van der Waals surface area contributed by atoms with Gasteiger partial charge in [-0.15, -0.1) is 0 Å². The zero-order valence-electron chi connectivity index (χ0n) is 20.9. The number of Topliss-reactive ketones (excluding diaryl/α,β-unsaturated/α-hetero) is 2. The maximum Gasteiger partial charge on any atom is 0.230 e. The predicted octanol–water partition coefficient (Wildman–Crippen LogP) is 1.14. The highest BCUT2D eigenvalue weighted by Gasteiger charge is 2.66. The molecule has 2 unspecified atom stereocenters. The molecule has 35 heavy (non-hydrogen) atoms. The third-order valence-electron chi connectivity index (χ3n) is 8.28. The molecule has 1 aromatic rings. The minimum absolute atomic E-state index is 0.0451. The van der Waals surface area contributed by atoms with Crippen LogP contribution in [-0.4, -0.2) is 74.6 Å². The lowest BCUT2D eigenvalue weighted by molar-refractivity contribution is -0.178. The summed E-state index contributed by atoms with van der Waals surface area (Å²) in [6, 6.07) is 2.71. The van der Waals surface area contributed by atoms with Gasteiger partial charge in [-0.2, -0.15) is 0 Å². The Hall–Kier alpha value is -2.75. The number of hydrogen-bond donors (Lipinski definition) is 5. The van der Waals surface area contributed by atoms with Crippen LogP contribution in [0.5, 0.6) is 5.75 Å². The molecule has 0 saturated heterocycles. The predicted molar refractivity (Wildman–Crippen MR) is 127 cm³/mol. The maximum absolute atomic E-state index is 13.8. The number of aromatic hydroxyl groups is 1. The number of phenolic OH excluding ortho intramolecular Hbond substituents is 1. The summed E-state index contributed by atoms with van der Waals surface area (Å²) >= 11 is 0. The van der Waals surface area contributed by atoms with Crippen LogP contribution in [-0.2, 0) is 15.0 Å². The van der Waals surface area contributed by atoms with Gasteiger partial charge >= 0.3 is 0 Å². The molecule has 1 fully saturated rings. The molecule has 9 nitrogen and oxygen atoms in total. The van der Waals surface area contributed by atoms with Crippen molar-refractivity contribution >= 4 is 17.5 Å². The van der Waals surface area contributed by atoms with Crippen LogP contribution in [0, 0.1) is 17.8 Å². The van der Waals surface area contributed by atoms with E-state index in [4.69, 9.17) is 5.73 Å². The largest absolute Gasteiger partial charge is 0.508 e. The lowest BCUT2D eigenvalue weighted by Gasteiger charge is -2.54. The Morgan fingerprint density at radius 3 is 2.29 bits per heavy atom. The molecule has 4 rings (SSSR count). The molecule has 7 atom stereocenters. The van der Waals surface area contributed by atoms with Gasteiger partial charge in [0.05, 0.1) is 11.7 Å². The van der Waals surface area contributed by atoms with Gasteiger partial charge < -0.3 is 31.1 Å². The SMILES string of the molecule is C[C@H]1c2ccc(C(C)(C)C)c(O)c2C(=O)C2=C(O)[C@]3(O)C(=O)C(C(N)=O)C(O)[C@@H](N(C)C)[C@@H]3C[C@@H]21. The third kappa shape index (κ3) is 3.28. The van der Waals surface area contributed by atoms with E-state index in [1.54, 1.807) is 31.1 Å². The Morgan fingerprint density at radius 1 is 1.17 bits per heavy atom. The molecule has 0 aliphatic heterocycles. The van der Waals surface area contributed by atoms with Gasteiger partial charge in [-0.25, -0.2) is 0 Å². The van der Waals surface area contributed by atoms with Crippen LogP contribution in [0.25, 0.3) is 0 Å². The standard InChI is InChI=1S/C26H34N2O7/c1-10-11-7-8-13(25(2,3)4)19(29)15(11)20(30)16-12(10)9-14-18(28(5)6)21(31)17(24(27)34)23(33)26(14,35)22(16)32/h7-8,10,12,14,17-18,21,29,31-32,35H,9H2,1-6H3,(H2,27,34)/t10-,12+,14-,17?,18-,21?,26-/m0/s1. The quantitative estimate of drug-likeness (QED) is 0.389. The van der Waals surface area contributed by atoms with Crippen molar-refractivity contribution in [2.45, 2.75) is 63.2 Å². The molecule has 1 amide bonds. The Kier molecular flexibility index (Phi) is 5.70. The highest BCUT2D eigenvalue weighted by molar-refractivity contribution is 6.16. The molecule has 3 aliphatic rings. The molecule has 0 radical (unpaired) electrons. The fourth-order valence-corrected chi connectivity index (χ4v) is 6.51. The first kappa shape index (κ1) is 25.3. The minimum atomic E-state index is -2.58. The van der Waals surface area contributed by atoms with Gasteiger partial charge in [0.25, 0.3) is 0 Å². The molecule has 9 heteroatoms. The molecule has 0 spiro atoms. The number of carbonyl (C=O) groups is 3. The summed E-state index contributed by atoms with van der Waals surface area (Å²) < 4.78 is 0. The molecule has 0 bridgehead atoms. The monoisotopic (exact) mass is 486 g/mol. The molecule has 190 valence electrons. The topological polar surface area (TPSA) is 161 Å². The number of aliphatic hydroxyl groups is 3. The summed E-state index contributed by atoms with van der Waals surface area (Å²) in [6.45, 7) is 7.56. The number of nitrogens with zero attached hydrogens (tertiary/aromatic N) is 1. The normalized spacial score (nSPS) is 35.0. The number of fused-ring (bicyclic) bond motifs is 3. The van der Waals surface area contributed by atoms with Crippen LogP contribution in [0.3, 0.4) is 0 Å². The number of likely N-dealkylation sites (N-methyl/N-ethyl adjacent to an activating group) is 1. The molecule has 1 aromatic carbocycles. The van der Waals surface area contributed by atoms with E-state index >= 15 is 0 Å². The number of primary amides is 1. The Balaban J connectivity index is 1.98. The van der Waals surface area contributed by atoms with E-state index in [0.717, 1.165) is 0 Å². The summed E-state index contributed by atoms with van der Waals surface area (Å²) in [7, 11) is 3.27. The highest BCUT2D eigenvalue weighted by Crippen LogP contribution is 2.56. The molecular weight excluding hydrogens is 452 g/mol. The summed E-state index contributed by atoms with van der Waals surface area (Å²) in [4.78, 5) is 40.9. The number of ketones is 2. The zero-order valence-corrected chi connectivity index (χ0v) is 20.9. The number of hydrogen-bond acceptors (Lipinski definition) is 8. The van der Waals surface area contributed by atoms with E-state index < -0.39 is 64.1 Å². The number of nitrogens with two attached hydrogens (primary N) is 1. The Labute approximate surface area is 204 Å². The highest BCUT2D eigenvalue weighted by atomic mass is 16.3. The van der Waals surface area contributed by atoms with Gasteiger partial charge in [-0.3, -0.25) is 14.4 Å². The first-order chi connectivity index (χ1) is 16.1. The third-order valence-corrected chi connectivity index (χ3v) is 8.28. The second kappa shape index (κ2) is 7.88. The number of amides is 1. The lowest BCUT2D eigenvalue weighted by Crippen LogP contribution is -2.71. The second-order valence-corrected chi connectivity index (χ2v) is 11.5. The Bertz CT molecular complexity index is 1160. The maximum atomic E-state index is 13.8. The van der Waals surface area contributed by atoms with Gasteiger partial charge in [0.1, 0.15) is 17.4 Å². The fraction of sp³-hybridized carbons (Fsp3) is 0.577. The lowest BCUT2D eigenvalue weighted by atomic mass is 9.54. The number of aliphatic hydroxyl groups excluding tert-OH is 2. The van der Waals surface area contributed by atoms with Crippen LogP contribution >= 0.6 is 0 Å². The fourth-order valence-electron chi connectivity index (χ4n) is 6.51.